The average Bonchev–Trinajstić information content (AvgIpc) is 2.59. The van der Waals surface area contributed by atoms with Crippen LogP contribution in [0.5, 0.6) is 0 Å². The van der Waals surface area contributed by atoms with Crippen LogP contribution in [0, 0.1) is 5.41 Å². The number of alkyl halides is 3. The van der Waals surface area contributed by atoms with Gasteiger partial charge < -0.3 is 5.11 Å². The highest BCUT2D eigenvalue weighted by Gasteiger charge is 2.45. The number of hydrogen-bond acceptors (Lipinski definition) is 3. The van der Waals surface area contributed by atoms with E-state index in [0.717, 1.165) is 0 Å². The summed E-state index contributed by atoms with van der Waals surface area (Å²) in [6.45, 7) is -0.768. The van der Waals surface area contributed by atoms with Crippen LogP contribution in [0.4, 0.5) is 13.2 Å². The van der Waals surface area contributed by atoms with Gasteiger partial charge in [0.1, 0.15) is 6.54 Å². The summed E-state index contributed by atoms with van der Waals surface area (Å²) < 4.78 is 60.9. The molecule has 0 radical (unpaired) electrons. The van der Waals surface area contributed by atoms with E-state index in [1.54, 1.807) is 0 Å². The Labute approximate surface area is 102 Å². The van der Waals surface area contributed by atoms with Crippen LogP contribution in [-0.4, -0.2) is 49.6 Å². The van der Waals surface area contributed by atoms with Gasteiger partial charge in [0.05, 0.1) is 5.41 Å². The summed E-state index contributed by atoms with van der Waals surface area (Å²) in [5, 5.41) is 8.89. The maximum atomic E-state index is 11.9. The summed E-state index contributed by atoms with van der Waals surface area (Å²) in [6, 6.07) is 0. The molecule has 1 fully saturated rings. The van der Waals surface area contributed by atoms with Crippen molar-refractivity contribution in [2.24, 2.45) is 5.41 Å². The van der Waals surface area contributed by atoms with Crippen LogP contribution in [-0.2, 0) is 15.0 Å². The van der Waals surface area contributed by atoms with Gasteiger partial charge in [-0.15, -0.1) is 0 Å². The third-order valence-electron chi connectivity index (χ3n) is 2.75. The Morgan fingerprint density at radius 3 is 2.44 bits per heavy atom. The van der Waals surface area contributed by atoms with Gasteiger partial charge in [0.25, 0.3) is 10.2 Å². The molecule has 1 heterocycles. The summed E-state index contributed by atoms with van der Waals surface area (Å²) in [5.41, 5.74) is -1.26. The zero-order valence-corrected chi connectivity index (χ0v) is 10.3. The van der Waals surface area contributed by atoms with Crippen LogP contribution < -0.4 is 4.72 Å². The fourth-order valence-corrected chi connectivity index (χ4v) is 2.88. The molecule has 1 saturated heterocycles. The van der Waals surface area contributed by atoms with E-state index in [-0.39, 0.29) is 19.5 Å². The van der Waals surface area contributed by atoms with Crippen molar-refractivity contribution in [1.29, 1.82) is 0 Å². The van der Waals surface area contributed by atoms with Gasteiger partial charge in [-0.1, -0.05) is 0 Å². The van der Waals surface area contributed by atoms with E-state index in [4.69, 9.17) is 5.11 Å². The summed E-state index contributed by atoms with van der Waals surface area (Å²) >= 11 is 0. The second-order valence-electron chi connectivity index (χ2n) is 4.39. The minimum Gasteiger partial charge on any atom is -0.481 e. The van der Waals surface area contributed by atoms with Crippen molar-refractivity contribution in [1.82, 2.24) is 9.03 Å². The molecule has 0 aromatic rings. The standard InChI is InChI=1S/C8H13F3N2O4S/c1-7(6(14)15)2-3-13(5-7)18(16,17)12-4-8(9,10)11/h12H,2-5H2,1H3,(H,14,15). The number of rotatable bonds is 4. The van der Waals surface area contributed by atoms with E-state index < -0.39 is 34.3 Å². The lowest BCUT2D eigenvalue weighted by Crippen LogP contribution is -2.44. The van der Waals surface area contributed by atoms with Crippen molar-refractivity contribution in [3.05, 3.63) is 0 Å². The van der Waals surface area contributed by atoms with Crippen molar-refractivity contribution >= 4 is 16.2 Å². The molecule has 0 spiro atoms. The Hall–Kier alpha value is -0.870. The van der Waals surface area contributed by atoms with Crippen LogP contribution >= 0.6 is 0 Å². The molecule has 10 heteroatoms. The smallest absolute Gasteiger partial charge is 0.402 e. The topological polar surface area (TPSA) is 86.7 Å². The number of aliphatic carboxylic acids is 1. The fraction of sp³-hybridized carbons (Fsp3) is 0.875. The van der Waals surface area contributed by atoms with Gasteiger partial charge in [-0.05, 0) is 13.3 Å². The van der Waals surface area contributed by atoms with Gasteiger partial charge in [-0.25, -0.2) is 0 Å². The van der Waals surface area contributed by atoms with Crippen molar-refractivity contribution in [3.63, 3.8) is 0 Å². The second kappa shape index (κ2) is 4.67. The summed E-state index contributed by atoms with van der Waals surface area (Å²) in [7, 11) is -4.30. The molecule has 0 saturated carbocycles. The van der Waals surface area contributed by atoms with Gasteiger partial charge in [-0.3, -0.25) is 4.79 Å². The molecular weight excluding hydrogens is 277 g/mol. The Morgan fingerprint density at radius 1 is 1.50 bits per heavy atom. The Kier molecular flexibility index (Phi) is 3.94. The first-order chi connectivity index (χ1) is 7.96. The lowest BCUT2D eigenvalue weighted by Gasteiger charge is -2.20. The third kappa shape index (κ3) is 3.56. The SMILES string of the molecule is CC1(C(=O)O)CCN(S(=O)(=O)NCC(F)(F)F)C1. The third-order valence-corrected chi connectivity index (χ3v) is 4.25. The Balaban J connectivity index is 2.69. The van der Waals surface area contributed by atoms with Crippen LogP contribution in [0.25, 0.3) is 0 Å². The summed E-state index contributed by atoms with van der Waals surface area (Å²) in [6.07, 6.45) is -4.59. The molecule has 1 unspecified atom stereocenters. The van der Waals surface area contributed by atoms with Crippen molar-refractivity contribution < 1.29 is 31.5 Å². The highest BCUT2D eigenvalue weighted by molar-refractivity contribution is 7.87. The van der Waals surface area contributed by atoms with Crippen molar-refractivity contribution in [2.45, 2.75) is 19.5 Å². The number of nitrogens with one attached hydrogen (secondary N) is 1. The average molecular weight is 290 g/mol. The normalized spacial score (nSPS) is 26.4. The van der Waals surface area contributed by atoms with E-state index >= 15 is 0 Å². The highest BCUT2D eigenvalue weighted by Crippen LogP contribution is 2.31. The zero-order chi connectivity index (χ0) is 14.2. The minimum absolute atomic E-state index is 0.0647. The molecular formula is C8H13F3N2O4S. The molecule has 106 valence electrons. The first-order valence-electron chi connectivity index (χ1n) is 5.01. The highest BCUT2D eigenvalue weighted by atomic mass is 32.2. The van der Waals surface area contributed by atoms with Gasteiger partial charge in [-0.2, -0.15) is 30.6 Å². The van der Waals surface area contributed by atoms with Crippen LogP contribution in [0.2, 0.25) is 0 Å². The molecule has 1 rings (SSSR count). The van der Waals surface area contributed by atoms with E-state index in [1.165, 1.54) is 11.6 Å². The van der Waals surface area contributed by atoms with E-state index in [2.05, 4.69) is 0 Å². The van der Waals surface area contributed by atoms with Gasteiger partial charge in [0.2, 0.25) is 0 Å². The maximum absolute atomic E-state index is 11.9. The van der Waals surface area contributed by atoms with Gasteiger partial charge in [0, 0.05) is 13.1 Å². The van der Waals surface area contributed by atoms with Crippen LogP contribution in [0.15, 0.2) is 0 Å². The maximum Gasteiger partial charge on any atom is 0.402 e. The fourth-order valence-electron chi connectivity index (χ4n) is 1.56. The van der Waals surface area contributed by atoms with Crippen molar-refractivity contribution in [3.8, 4) is 0 Å². The second-order valence-corrected chi connectivity index (χ2v) is 6.15. The molecule has 2 N–H and O–H groups in total. The molecule has 18 heavy (non-hydrogen) atoms. The molecule has 0 bridgehead atoms. The van der Waals surface area contributed by atoms with E-state index in [1.807, 2.05) is 0 Å². The first kappa shape index (κ1) is 15.2. The Morgan fingerprint density at radius 2 is 2.06 bits per heavy atom. The van der Waals surface area contributed by atoms with Gasteiger partial charge >= 0.3 is 12.1 Å². The number of nitrogens with zero attached hydrogens (tertiary/aromatic N) is 1. The molecule has 6 nitrogen and oxygen atoms in total. The summed E-state index contributed by atoms with van der Waals surface area (Å²) in [4.78, 5) is 10.9. The number of carbonyl (C=O) groups is 1. The molecule has 0 aromatic carbocycles. The quantitative estimate of drug-likeness (QED) is 0.773. The predicted molar refractivity (Wildman–Crippen MR) is 54.9 cm³/mol. The molecule has 0 amide bonds. The largest absolute Gasteiger partial charge is 0.481 e. The lowest BCUT2D eigenvalue weighted by molar-refractivity contribution is -0.146. The monoisotopic (exact) mass is 290 g/mol. The van der Waals surface area contributed by atoms with E-state index in [0.29, 0.717) is 4.31 Å². The minimum atomic E-state index is -4.65. The molecule has 1 aliphatic rings. The number of carboxylic acids is 1. The number of halogens is 3. The number of carboxylic acid groups (broad SMARTS) is 1. The first-order valence-corrected chi connectivity index (χ1v) is 6.45. The van der Waals surface area contributed by atoms with Gasteiger partial charge in [0.15, 0.2) is 0 Å². The number of hydrogen-bond donors (Lipinski definition) is 2. The zero-order valence-electron chi connectivity index (χ0n) is 9.49. The predicted octanol–water partition coefficient (Wildman–Crippen LogP) is 0.180. The van der Waals surface area contributed by atoms with E-state index in [9.17, 15) is 26.4 Å². The van der Waals surface area contributed by atoms with Crippen LogP contribution in [0.3, 0.4) is 0 Å². The molecule has 0 aromatic heterocycles. The Bertz CT molecular complexity index is 436. The summed E-state index contributed by atoms with van der Waals surface area (Å²) in [5.74, 6) is -1.17. The van der Waals surface area contributed by atoms with Crippen LogP contribution in [0.1, 0.15) is 13.3 Å². The molecule has 0 aliphatic carbocycles. The van der Waals surface area contributed by atoms with Crippen molar-refractivity contribution in [2.75, 3.05) is 19.6 Å². The lowest BCUT2D eigenvalue weighted by atomic mass is 9.90. The molecule has 1 aliphatic heterocycles. The molecule has 1 atom stereocenters.